The largest absolute Gasteiger partial charge is 0.462 e. The minimum atomic E-state index is -0.809. The summed E-state index contributed by atoms with van der Waals surface area (Å²) in [5.74, 6) is -0.961. The average Bonchev–Trinajstić information content (AvgIpc) is 3.46. The highest BCUT2D eigenvalue weighted by atomic mass is 16.6. The van der Waals surface area contributed by atoms with Gasteiger partial charge in [-0.05, 0) is 109 Å². The molecule has 0 aromatic carbocycles. The molecule has 80 heavy (non-hydrogen) atoms. The second-order valence-electron chi connectivity index (χ2n) is 21.6. The third kappa shape index (κ3) is 64.4. The fraction of sp³-hybridized carbons (Fsp3) is 0.662. The monoisotopic (exact) mass is 1110 g/mol. The molecule has 0 fully saturated rings. The Bertz CT molecular complexity index is 1700. The molecule has 454 valence electrons. The van der Waals surface area contributed by atoms with Gasteiger partial charge in [-0.25, -0.2) is 0 Å². The van der Waals surface area contributed by atoms with Gasteiger partial charge in [-0.15, -0.1) is 0 Å². The van der Waals surface area contributed by atoms with Gasteiger partial charge in [0, 0.05) is 19.3 Å². The Labute approximate surface area is 494 Å². The van der Waals surface area contributed by atoms with Crippen LogP contribution < -0.4 is 0 Å². The van der Waals surface area contributed by atoms with E-state index >= 15 is 0 Å². The van der Waals surface area contributed by atoms with Gasteiger partial charge in [0.15, 0.2) is 6.10 Å². The Morgan fingerprint density at radius 1 is 0.263 bits per heavy atom. The Morgan fingerprint density at radius 2 is 0.500 bits per heavy atom. The van der Waals surface area contributed by atoms with Crippen molar-refractivity contribution in [3.63, 3.8) is 0 Å². The topological polar surface area (TPSA) is 78.9 Å². The van der Waals surface area contributed by atoms with E-state index in [4.69, 9.17) is 14.2 Å². The third-order valence-corrected chi connectivity index (χ3v) is 13.9. The van der Waals surface area contributed by atoms with Gasteiger partial charge >= 0.3 is 17.9 Å². The molecule has 1 unspecified atom stereocenters. The molecule has 0 amide bonds. The van der Waals surface area contributed by atoms with Crippen LogP contribution in [-0.2, 0) is 28.6 Å². The third-order valence-electron chi connectivity index (χ3n) is 13.9. The maximum atomic E-state index is 12.9. The van der Waals surface area contributed by atoms with E-state index in [0.29, 0.717) is 19.3 Å². The lowest BCUT2D eigenvalue weighted by Crippen LogP contribution is -2.30. The number of carbonyl (C=O) groups excluding carboxylic acids is 3. The first-order chi connectivity index (χ1) is 39.5. The molecule has 0 aromatic heterocycles. The molecule has 0 bridgehead atoms. The van der Waals surface area contributed by atoms with E-state index < -0.39 is 6.10 Å². The minimum absolute atomic E-state index is 0.101. The van der Waals surface area contributed by atoms with Crippen molar-refractivity contribution in [2.75, 3.05) is 13.2 Å². The lowest BCUT2D eigenvalue weighted by atomic mass is 10.0. The number of allylic oxidation sites excluding steroid dienone is 22. The SMILES string of the molecule is CC/C=C\C/C=C\C/C=C\C/C=C\C/C=C\C/C=C\C/C=C\CCCC(=O)OC(COC(=O)CCCCCCCCCC)COC(=O)CCCCCCCCCCCCCCCCCCCC/C=C\C/C=C\C/C=C\C/C=C\CC. The molecule has 6 heteroatoms. The molecule has 0 aromatic rings. The number of esters is 3. The highest BCUT2D eigenvalue weighted by Gasteiger charge is 2.19. The molecule has 0 aliphatic carbocycles. The Hall–Kier alpha value is -4.45. The van der Waals surface area contributed by atoms with Crippen LogP contribution in [0.15, 0.2) is 134 Å². The van der Waals surface area contributed by atoms with E-state index in [9.17, 15) is 14.4 Å². The molecule has 0 aliphatic rings. The standard InChI is InChI=1S/C74H122O6/c1-4-7-10-13-16-19-21-23-25-27-29-31-33-34-35-36-37-38-39-40-42-43-45-47-49-51-53-55-58-61-64-67-73(76)79-70-71(69-78-72(75)66-63-60-57-18-15-12-9-6-3)80-74(77)68-65-62-59-56-54-52-50-48-46-44-41-32-30-28-26-24-22-20-17-14-11-8-5-2/h7-8,10-11,16-17,19-20,23-26,29-32,44,46,50,52,56,59,71H,4-6,9,12-15,18,21-22,27-28,33-43,45,47-49,51,53-55,57-58,60-70H2,1-3H3/b10-7-,11-8-,19-16-,20-17-,25-23-,26-24-,31-29-,32-30-,46-44-,52-50-,59-56-. The molecule has 0 N–H and O–H groups in total. The highest BCUT2D eigenvalue weighted by Crippen LogP contribution is 2.16. The summed E-state index contributed by atoms with van der Waals surface area (Å²) in [5, 5.41) is 0. The summed E-state index contributed by atoms with van der Waals surface area (Å²) in [6, 6.07) is 0. The van der Waals surface area contributed by atoms with E-state index in [1.165, 1.54) is 135 Å². The normalized spacial score (nSPS) is 13.0. The number of hydrogen-bond donors (Lipinski definition) is 0. The van der Waals surface area contributed by atoms with Crippen molar-refractivity contribution in [1.82, 2.24) is 0 Å². The average molecular weight is 1110 g/mol. The molecule has 0 rings (SSSR count). The van der Waals surface area contributed by atoms with E-state index in [1.54, 1.807) is 0 Å². The lowest BCUT2D eigenvalue weighted by Gasteiger charge is -2.18. The number of ether oxygens (including phenoxy) is 3. The van der Waals surface area contributed by atoms with Gasteiger partial charge in [-0.1, -0.05) is 302 Å². The van der Waals surface area contributed by atoms with Crippen molar-refractivity contribution in [2.45, 2.75) is 303 Å². The maximum absolute atomic E-state index is 12.9. The van der Waals surface area contributed by atoms with Gasteiger partial charge in [0.25, 0.3) is 0 Å². The minimum Gasteiger partial charge on any atom is -0.462 e. The molecule has 0 spiro atoms. The molecule has 0 heterocycles. The molecule has 0 saturated heterocycles. The van der Waals surface area contributed by atoms with Gasteiger partial charge < -0.3 is 14.2 Å². The lowest BCUT2D eigenvalue weighted by molar-refractivity contribution is -0.167. The summed E-state index contributed by atoms with van der Waals surface area (Å²) in [5.41, 5.74) is 0. The highest BCUT2D eigenvalue weighted by molar-refractivity contribution is 5.71. The van der Waals surface area contributed by atoms with E-state index in [-0.39, 0.29) is 37.5 Å². The van der Waals surface area contributed by atoms with Crippen molar-refractivity contribution >= 4 is 17.9 Å². The smallest absolute Gasteiger partial charge is 0.306 e. The Kier molecular flexibility index (Phi) is 63.3. The molecular weight excluding hydrogens is 985 g/mol. The fourth-order valence-electron chi connectivity index (χ4n) is 9.01. The quantitative estimate of drug-likeness (QED) is 0.0261. The van der Waals surface area contributed by atoms with Gasteiger partial charge in [0.2, 0.25) is 0 Å². The van der Waals surface area contributed by atoms with Crippen molar-refractivity contribution in [1.29, 1.82) is 0 Å². The zero-order chi connectivity index (χ0) is 57.8. The summed E-state index contributed by atoms with van der Waals surface area (Å²) in [6.07, 6.45) is 95.0. The number of carbonyl (C=O) groups is 3. The zero-order valence-electron chi connectivity index (χ0n) is 52.0. The molecule has 6 nitrogen and oxygen atoms in total. The first-order valence-electron chi connectivity index (χ1n) is 33.2. The van der Waals surface area contributed by atoms with Gasteiger partial charge in [0.1, 0.15) is 13.2 Å². The van der Waals surface area contributed by atoms with Crippen LogP contribution in [0.4, 0.5) is 0 Å². The Balaban J connectivity index is 4.20. The molecule has 0 aliphatic heterocycles. The van der Waals surface area contributed by atoms with Crippen LogP contribution >= 0.6 is 0 Å². The summed E-state index contributed by atoms with van der Waals surface area (Å²) in [7, 11) is 0. The second-order valence-corrected chi connectivity index (χ2v) is 21.6. The first-order valence-corrected chi connectivity index (χ1v) is 33.2. The number of hydrogen-bond acceptors (Lipinski definition) is 6. The maximum Gasteiger partial charge on any atom is 0.306 e. The van der Waals surface area contributed by atoms with Crippen LogP contribution in [-0.4, -0.2) is 37.2 Å². The van der Waals surface area contributed by atoms with Crippen LogP contribution in [0.2, 0.25) is 0 Å². The van der Waals surface area contributed by atoms with Crippen LogP contribution in [0.25, 0.3) is 0 Å². The molecule has 1 atom stereocenters. The first kappa shape index (κ1) is 75.5. The summed E-state index contributed by atoms with van der Waals surface area (Å²) in [4.78, 5) is 38.1. The predicted octanol–water partition coefficient (Wildman–Crippen LogP) is 22.9. The molecular formula is C74H122O6. The van der Waals surface area contributed by atoms with Crippen molar-refractivity contribution in [2.24, 2.45) is 0 Å². The molecule has 0 saturated carbocycles. The van der Waals surface area contributed by atoms with Crippen molar-refractivity contribution in [3.8, 4) is 0 Å². The second kappa shape index (κ2) is 67.1. The number of rotatable bonds is 59. The van der Waals surface area contributed by atoms with E-state index in [1.807, 2.05) is 0 Å². The van der Waals surface area contributed by atoms with Crippen molar-refractivity contribution in [3.05, 3.63) is 134 Å². The van der Waals surface area contributed by atoms with E-state index in [0.717, 1.165) is 116 Å². The van der Waals surface area contributed by atoms with E-state index in [2.05, 4.69) is 154 Å². The van der Waals surface area contributed by atoms with Gasteiger partial charge in [0.05, 0.1) is 0 Å². The Morgan fingerprint density at radius 3 is 0.800 bits per heavy atom. The summed E-state index contributed by atoms with van der Waals surface area (Å²) in [6.45, 7) is 6.35. The zero-order valence-corrected chi connectivity index (χ0v) is 52.0. The van der Waals surface area contributed by atoms with Crippen LogP contribution in [0.3, 0.4) is 0 Å². The van der Waals surface area contributed by atoms with Crippen molar-refractivity contribution < 1.29 is 28.6 Å². The van der Waals surface area contributed by atoms with Crippen LogP contribution in [0.5, 0.6) is 0 Å². The van der Waals surface area contributed by atoms with Crippen LogP contribution in [0.1, 0.15) is 297 Å². The van der Waals surface area contributed by atoms with Crippen LogP contribution in [0, 0.1) is 0 Å². The number of unbranched alkanes of at least 4 members (excludes halogenated alkanes) is 26. The predicted molar refractivity (Wildman–Crippen MR) is 348 cm³/mol. The van der Waals surface area contributed by atoms with Gasteiger partial charge in [-0.2, -0.15) is 0 Å². The fourth-order valence-corrected chi connectivity index (χ4v) is 9.01. The van der Waals surface area contributed by atoms with Gasteiger partial charge in [-0.3, -0.25) is 14.4 Å². The summed E-state index contributed by atoms with van der Waals surface area (Å²) >= 11 is 0. The summed E-state index contributed by atoms with van der Waals surface area (Å²) < 4.78 is 16.8. The molecule has 0 radical (unpaired) electrons.